The van der Waals surface area contributed by atoms with E-state index >= 15 is 0 Å². The summed E-state index contributed by atoms with van der Waals surface area (Å²) in [6.45, 7) is 6.77. The van der Waals surface area contributed by atoms with Gasteiger partial charge in [-0.15, -0.1) is 0 Å². The van der Waals surface area contributed by atoms with E-state index in [4.69, 9.17) is 4.74 Å². The van der Waals surface area contributed by atoms with Gasteiger partial charge < -0.3 is 15.4 Å². The smallest absolute Gasteiger partial charge is 0.407 e. The van der Waals surface area contributed by atoms with Crippen LogP contribution in [-0.2, 0) is 9.53 Å². The van der Waals surface area contributed by atoms with Crippen molar-refractivity contribution in [3.05, 3.63) is 0 Å². The van der Waals surface area contributed by atoms with Gasteiger partial charge in [0.1, 0.15) is 5.60 Å². The Kier molecular flexibility index (Phi) is 8.79. The van der Waals surface area contributed by atoms with E-state index in [1.807, 2.05) is 20.8 Å². The lowest BCUT2D eigenvalue weighted by molar-refractivity contribution is -0.118. The second kappa shape index (κ2) is 9.19. The zero-order valence-corrected chi connectivity index (χ0v) is 12.9. The summed E-state index contributed by atoms with van der Waals surface area (Å²) < 4.78 is 5.10. The molecule has 2 amide bonds. The quantitative estimate of drug-likeness (QED) is 0.557. The predicted molar refractivity (Wildman–Crippen MR) is 74.9 cm³/mol. The zero-order valence-electron chi connectivity index (χ0n) is 11.3. The Labute approximate surface area is 117 Å². The lowest BCUT2D eigenvalue weighted by Gasteiger charge is -2.19. The molecular formula is C12H23BrN2O3. The third-order valence-electron chi connectivity index (χ3n) is 1.97. The first kappa shape index (κ1) is 17.2. The molecule has 0 aromatic carbocycles. The molecule has 0 radical (unpaired) electrons. The summed E-state index contributed by atoms with van der Waals surface area (Å²) in [5, 5.41) is 5.80. The van der Waals surface area contributed by atoms with Crippen molar-refractivity contribution in [1.82, 2.24) is 10.6 Å². The van der Waals surface area contributed by atoms with Gasteiger partial charge in [-0.2, -0.15) is 0 Å². The molecular weight excluding hydrogens is 300 g/mol. The molecule has 0 aromatic heterocycles. The van der Waals surface area contributed by atoms with Crippen molar-refractivity contribution in [3.63, 3.8) is 0 Å². The Hall–Kier alpha value is -0.780. The lowest BCUT2D eigenvalue weighted by Crippen LogP contribution is -2.33. The fraction of sp³-hybridized carbons (Fsp3) is 0.833. The summed E-state index contributed by atoms with van der Waals surface area (Å²) in [5.74, 6) is 0.00174. The van der Waals surface area contributed by atoms with Crippen molar-refractivity contribution in [1.29, 1.82) is 0 Å². The van der Waals surface area contributed by atoms with Gasteiger partial charge in [0, 0.05) is 13.1 Å². The van der Waals surface area contributed by atoms with Crippen LogP contribution in [0.5, 0.6) is 0 Å². The van der Waals surface area contributed by atoms with Crippen LogP contribution < -0.4 is 10.6 Å². The van der Waals surface area contributed by atoms with Crippen molar-refractivity contribution >= 4 is 27.9 Å². The minimum absolute atomic E-state index is 0.00174. The molecule has 0 aliphatic rings. The molecule has 0 saturated carbocycles. The molecule has 0 saturated heterocycles. The molecule has 0 aromatic rings. The number of unbranched alkanes of at least 4 members (excludes halogenated alkanes) is 2. The largest absolute Gasteiger partial charge is 0.444 e. The van der Waals surface area contributed by atoms with Gasteiger partial charge in [-0.3, -0.25) is 4.79 Å². The first-order valence-corrected chi connectivity index (χ1v) is 7.27. The molecule has 18 heavy (non-hydrogen) atoms. The Balaban J connectivity index is 3.35. The fourth-order valence-corrected chi connectivity index (χ4v) is 1.40. The Morgan fingerprint density at radius 2 is 1.61 bits per heavy atom. The van der Waals surface area contributed by atoms with Crippen LogP contribution in [0.1, 0.15) is 40.0 Å². The number of alkyl carbamates (subject to hydrolysis) is 1. The summed E-state index contributed by atoms with van der Waals surface area (Å²) in [7, 11) is 0. The van der Waals surface area contributed by atoms with Gasteiger partial charge in [-0.05, 0) is 40.0 Å². The van der Waals surface area contributed by atoms with Gasteiger partial charge in [0.25, 0.3) is 0 Å². The molecule has 0 aliphatic heterocycles. The zero-order chi connectivity index (χ0) is 14.0. The highest BCUT2D eigenvalue weighted by atomic mass is 79.9. The van der Waals surface area contributed by atoms with Crippen molar-refractivity contribution < 1.29 is 14.3 Å². The summed E-state index contributed by atoms with van der Waals surface area (Å²) >= 11 is 3.08. The van der Waals surface area contributed by atoms with Crippen molar-refractivity contribution in [3.8, 4) is 0 Å². The van der Waals surface area contributed by atoms with E-state index < -0.39 is 5.60 Å². The van der Waals surface area contributed by atoms with Crippen LogP contribution in [0.25, 0.3) is 0 Å². The van der Waals surface area contributed by atoms with Crippen LogP contribution in [0.3, 0.4) is 0 Å². The van der Waals surface area contributed by atoms with E-state index in [0.717, 1.165) is 19.3 Å². The molecule has 2 N–H and O–H groups in total. The van der Waals surface area contributed by atoms with E-state index in [1.54, 1.807) is 0 Å². The lowest BCUT2D eigenvalue weighted by atomic mass is 10.2. The van der Waals surface area contributed by atoms with Crippen LogP contribution in [0, 0.1) is 0 Å². The number of halogens is 1. The van der Waals surface area contributed by atoms with E-state index in [-0.39, 0.29) is 12.0 Å². The molecule has 0 bridgehead atoms. The molecule has 0 fully saturated rings. The fourth-order valence-electron chi connectivity index (χ4n) is 1.21. The van der Waals surface area contributed by atoms with Crippen LogP contribution in [0.2, 0.25) is 0 Å². The van der Waals surface area contributed by atoms with Crippen LogP contribution in [0.15, 0.2) is 0 Å². The van der Waals surface area contributed by atoms with E-state index in [0.29, 0.717) is 18.4 Å². The highest BCUT2D eigenvalue weighted by Crippen LogP contribution is 2.06. The Morgan fingerprint density at radius 3 is 2.11 bits per heavy atom. The number of nitrogens with one attached hydrogen (secondary N) is 2. The number of amides is 2. The average molecular weight is 323 g/mol. The van der Waals surface area contributed by atoms with Crippen molar-refractivity contribution in [2.45, 2.75) is 45.6 Å². The summed E-state index contributed by atoms with van der Waals surface area (Å²) in [4.78, 5) is 22.2. The van der Waals surface area contributed by atoms with Gasteiger partial charge in [0.15, 0.2) is 0 Å². The Morgan fingerprint density at radius 1 is 1.06 bits per heavy atom. The SMILES string of the molecule is CC(C)(C)OC(=O)NCCCCCNC(=O)CBr. The molecule has 6 heteroatoms. The highest BCUT2D eigenvalue weighted by Gasteiger charge is 2.15. The minimum atomic E-state index is -0.454. The third kappa shape index (κ3) is 11.7. The monoisotopic (exact) mass is 322 g/mol. The molecule has 0 aliphatic carbocycles. The van der Waals surface area contributed by atoms with Gasteiger partial charge in [0.2, 0.25) is 5.91 Å². The number of carbonyl (C=O) groups is 2. The molecule has 0 unspecified atom stereocenters. The maximum atomic E-state index is 11.3. The van der Waals surface area contributed by atoms with Crippen molar-refractivity contribution in [2.75, 3.05) is 18.4 Å². The van der Waals surface area contributed by atoms with Gasteiger partial charge >= 0.3 is 6.09 Å². The molecule has 0 atom stereocenters. The van der Waals surface area contributed by atoms with E-state index in [2.05, 4.69) is 26.6 Å². The Bertz CT molecular complexity index is 265. The second-order valence-corrected chi connectivity index (χ2v) is 5.53. The summed E-state index contributed by atoms with van der Waals surface area (Å²) in [6, 6.07) is 0. The maximum Gasteiger partial charge on any atom is 0.407 e. The molecule has 0 heterocycles. The topological polar surface area (TPSA) is 67.4 Å². The molecule has 106 valence electrons. The number of rotatable bonds is 7. The number of ether oxygens (including phenoxy) is 1. The van der Waals surface area contributed by atoms with E-state index in [9.17, 15) is 9.59 Å². The summed E-state index contributed by atoms with van der Waals surface area (Å²) in [5.41, 5.74) is -0.454. The van der Waals surface area contributed by atoms with Crippen LogP contribution >= 0.6 is 15.9 Å². The highest BCUT2D eigenvalue weighted by molar-refractivity contribution is 9.09. The number of carbonyl (C=O) groups excluding carboxylic acids is 2. The normalized spacial score (nSPS) is 10.9. The van der Waals surface area contributed by atoms with E-state index in [1.165, 1.54) is 0 Å². The molecule has 5 nitrogen and oxygen atoms in total. The van der Waals surface area contributed by atoms with Crippen molar-refractivity contribution in [2.24, 2.45) is 0 Å². The average Bonchev–Trinajstić information content (AvgIpc) is 2.25. The molecule has 0 rings (SSSR count). The molecule has 0 spiro atoms. The summed E-state index contributed by atoms with van der Waals surface area (Å²) in [6.07, 6.45) is 2.37. The number of hydrogen-bond acceptors (Lipinski definition) is 3. The second-order valence-electron chi connectivity index (χ2n) is 4.97. The standard InChI is InChI=1S/C12H23BrN2O3/c1-12(2,3)18-11(17)15-8-6-4-5-7-14-10(16)9-13/h4-9H2,1-3H3,(H,14,16)(H,15,17). The van der Waals surface area contributed by atoms with Gasteiger partial charge in [-0.1, -0.05) is 15.9 Å². The first-order valence-electron chi connectivity index (χ1n) is 6.14. The third-order valence-corrected chi connectivity index (χ3v) is 2.47. The number of hydrogen-bond donors (Lipinski definition) is 2. The van der Waals surface area contributed by atoms with Gasteiger partial charge in [0.05, 0.1) is 5.33 Å². The maximum absolute atomic E-state index is 11.3. The van der Waals surface area contributed by atoms with Crippen LogP contribution in [0.4, 0.5) is 4.79 Å². The predicted octanol–water partition coefficient (Wildman–Crippen LogP) is 2.19. The van der Waals surface area contributed by atoms with Crippen LogP contribution in [-0.4, -0.2) is 36.0 Å². The van der Waals surface area contributed by atoms with Gasteiger partial charge in [-0.25, -0.2) is 4.79 Å². The number of alkyl halides is 1. The minimum Gasteiger partial charge on any atom is -0.444 e. The first-order chi connectivity index (χ1) is 8.35.